The van der Waals surface area contributed by atoms with Gasteiger partial charge in [0.1, 0.15) is 5.75 Å². The van der Waals surface area contributed by atoms with Gasteiger partial charge in [0.15, 0.2) is 0 Å². The third-order valence-corrected chi connectivity index (χ3v) is 2.80. The van der Waals surface area contributed by atoms with Gasteiger partial charge in [0.25, 0.3) is 12.3 Å². The first-order valence-electron chi connectivity index (χ1n) is 5.37. The van der Waals surface area contributed by atoms with E-state index in [4.69, 9.17) is 0 Å². The number of phenols is 1. The number of phenolic OH excluding ortho intramolecular Hbond substituents is 1. The van der Waals surface area contributed by atoms with E-state index in [1.54, 1.807) is 0 Å². The average molecular weight is 347 g/mol. The predicted molar refractivity (Wildman–Crippen MR) is 69.7 cm³/mol. The Morgan fingerprint density at radius 2 is 2.15 bits per heavy atom. The highest BCUT2D eigenvalue weighted by Crippen LogP contribution is 2.21. The SMILES string of the molecule is Cn1nc(C(F)F)nc1NC(=O)c1cc(O)cc(Br)c1. The van der Waals surface area contributed by atoms with Gasteiger partial charge in [-0.15, -0.1) is 5.10 Å². The zero-order valence-corrected chi connectivity index (χ0v) is 11.7. The molecule has 2 rings (SSSR count). The summed E-state index contributed by atoms with van der Waals surface area (Å²) in [5.41, 5.74) is 0.151. The van der Waals surface area contributed by atoms with Gasteiger partial charge in [0.05, 0.1) is 0 Å². The summed E-state index contributed by atoms with van der Waals surface area (Å²) in [6.45, 7) is 0. The zero-order valence-electron chi connectivity index (χ0n) is 10.1. The molecule has 2 aromatic rings. The molecule has 0 saturated carbocycles. The number of nitrogens with one attached hydrogen (secondary N) is 1. The topological polar surface area (TPSA) is 80.0 Å². The van der Waals surface area contributed by atoms with Gasteiger partial charge in [0, 0.05) is 17.1 Å². The monoisotopic (exact) mass is 346 g/mol. The molecule has 106 valence electrons. The number of aromatic nitrogens is 3. The van der Waals surface area contributed by atoms with Gasteiger partial charge in [-0.05, 0) is 18.2 Å². The van der Waals surface area contributed by atoms with E-state index < -0.39 is 18.2 Å². The van der Waals surface area contributed by atoms with E-state index in [0.717, 1.165) is 4.68 Å². The Morgan fingerprint density at radius 1 is 1.45 bits per heavy atom. The molecule has 0 bridgehead atoms. The van der Waals surface area contributed by atoms with Crippen molar-refractivity contribution >= 4 is 27.8 Å². The Bertz CT molecular complexity index is 640. The number of halogens is 3. The van der Waals surface area contributed by atoms with Crippen LogP contribution in [0.1, 0.15) is 22.6 Å². The Labute approximate surface area is 120 Å². The minimum atomic E-state index is -2.82. The van der Waals surface area contributed by atoms with Crippen LogP contribution in [0.15, 0.2) is 22.7 Å². The molecular formula is C11H9BrF2N4O2. The fourth-order valence-electron chi connectivity index (χ4n) is 1.48. The maximum Gasteiger partial charge on any atom is 0.299 e. The van der Waals surface area contributed by atoms with Crippen LogP contribution in [0.25, 0.3) is 0 Å². The number of amides is 1. The number of anilines is 1. The van der Waals surface area contributed by atoms with Crippen molar-refractivity contribution in [1.82, 2.24) is 14.8 Å². The number of carbonyl (C=O) groups is 1. The van der Waals surface area contributed by atoms with Crippen LogP contribution in [0.3, 0.4) is 0 Å². The molecular weight excluding hydrogens is 338 g/mol. The molecule has 1 aromatic heterocycles. The van der Waals surface area contributed by atoms with Gasteiger partial charge in [0.2, 0.25) is 11.8 Å². The normalized spacial score (nSPS) is 10.8. The molecule has 1 aromatic carbocycles. The van der Waals surface area contributed by atoms with Crippen LogP contribution in [0.2, 0.25) is 0 Å². The van der Waals surface area contributed by atoms with Crippen molar-refractivity contribution in [1.29, 1.82) is 0 Å². The minimum Gasteiger partial charge on any atom is -0.508 e. The Kier molecular flexibility index (Phi) is 3.98. The summed E-state index contributed by atoms with van der Waals surface area (Å²) in [5, 5.41) is 15.2. The van der Waals surface area contributed by atoms with E-state index in [1.165, 1.54) is 25.2 Å². The lowest BCUT2D eigenvalue weighted by Crippen LogP contribution is -2.15. The highest BCUT2D eigenvalue weighted by molar-refractivity contribution is 9.10. The number of aryl methyl sites for hydroxylation is 1. The van der Waals surface area contributed by atoms with E-state index in [0.29, 0.717) is 4.47 Å². The van der Waals surface area contributed by atoms with Crippen LogP contribution in [-0.2, 0) is 7.05 Å². The maximum atomic E-state index is 12.4. The summed E-state index contributed by atoms with van der Waals surface area (Å²) in [6, 6.07) is 4.12. The summed E-state index contributed by atoms with van der Waals surface area (Å²) in [5.74, 6) is -1.47. The molecule has 0 aliphatic rings. The molecule has 9 heteroatoms. The number of alkyl halides is 2. The summed E-state index contributed by atoms with van der Waals surface area (Å²) in [6.07, 6.45) is -2.82. The lowest BCUT2D eigenvalue weighted by atomic mass is 10.2. The van der Waals surface area contributed by atoms with Gasteiger partial charge in [-0.3, -0.25) is 10.1 Å². The molecule has 20 heavy (non-hydrogen) atoms. The summed E-state index contributed by atoms with van der Waals surface area (Å²) >= 11 is 3.13. The second-order valence-corrected chi connectivity index (χ2v) is 4.79. The number of hydrogen-bond acceptors (Lipinski definition) is 4. The number of carbonyl (C=O) groups excluding carboxylic acids is 1. The molecule has 2 N–H and O–H groups in total. The van der Waals surface area contributed by atoms with Crippen LogP contribution < -0.4 is 5.32 Å². The first kappa shape index (κ1) is 14.4. The van der Waals surface area contributed by atoms with Crippen molar-refractivity contribution in [2.75, 3.05) is 5.32 Å². The molecule has 6 nitrogen and oxygen atoms in total. The first-order chi connectivity index (χ1) is 9.36. The second-order valence-electron chi connectivity index (χ2n) is 3.87. The minimum absolute atomic E-state index is 0.101. The highest BCUT2D eigenvalue weighted by Gasteiger charge is 2.18. The number of benzene rings is 1. The molecule has 0 fully saturated rings. The summed E-state index contributed by atoms with van der Waals surface area (Å²) in [7, 11) is 1.38. The Morgan fingerprint density at radius 3 is 2.70 bits per heavy atom. The summed E-state index contributed by atoms with van der Waals surface area (Å²) < 4.78 is 26.4. The third-order valence-electron chi connectivity index (χ3n) is 2.34. The van der Waals surface area contributed by atoms with Crippen molar-refractivity contribution in [3.05, 3.63) is 34.1 Å². The molecule has 0 radical (unpaired) electrons. The van der Waals surface area contributed by atoms with Gasteiger partial charge in [-0.2, -0.15) is 4.98 Å². The van der Waals surface area contributed by atoms with Crippen molar-refractivity contribution in [3.8, 4) is 5.75 Å². The number of aromatic hydroxyl groups is 1. The lowest BCUT2D eigenvalue weighted by molar-refractivity contribution is 0.102. The molecule has 0 spiro atoms. The summed E-state index contributed by atoms with van der Waals surface area (Å²) in [4.78, 5) is 15.5. The Balaban J connectivity index is 2.23. The molecule has 0 saturated heterocycles. The van der Waals surface area contributed by atoms with E-state index >= 15 is 0 Å². The van der Waals surface area contributed by atoms with Crippen LogP contribution in [0, 0.1) is 0 Å². The number of hydrogen-bond donors (Lipinski definition) is 2. The first-order valence-corrected chi connectivity index (χ1v) is 6.16. The van der Waals surface area contributed by atoms with Crippen molar-refractivity contribution in [3.63, 3.8) is 0 Å². The quantitative estimate of drug-likeness (QED) is 0.894. The average Bonchev–Trinajstić information content (AvgIpc) is 2.70. The lowest BCUT2D eigenvalue weighted by Gasteiger charge is -2.04. The van der Waals surface area contributed by atoms with Crippen LogP contribution in [-0.4, -0.2) is 25.8 Å². The number of nitrogens with zero attached hydrogens (tertiary/aromatic N) is 3. The van der Waals surface area contributed by atoms with Gasteiger partial charge >= 0.3 is 0 Å². The smallest absolute Gasteiger partial charge is 0.299 e. The maximum absolute atomic E-state index is 12.4. The second kappa shape index (κ2) is 5.53. The van der Waals surface area contributed by atoms with Crippen molar-refractivity contribution in [2.24, 2.45) is 7.05 Å². The molecule has 0 unspecified atom stereocenters. The van der Waals surface area contributed by atoms with Gasteiger partial charge < -0.3 is 5.11 Å². The largest absolute Gasteiger partial charge is 0.508 e. The Hall–Kier alpha value is -2.03. The number of rotatable bonds is 3. The van der Waals surface area contributed by atoms with Crippen molar-refractivity contribution < 1.29 is 18.7 Å². The molecule has 1 amide bonds. The zero-order chi connectivity index (χ0) is 14.9. The molecule has 0 aliphatic heterocycles. The van der Waals surface area contributed by atoms with E-state index in [2.05, 4.69) is 31.3 Å². The van der Waals surface area contributed by atoms with E-state index in [9.17, 15) is 18.7 Å². The fraction of sp³-hybridized carbons (Fsp3) is 0.182. The fourth-order valence-corrected chi connectivity index (χ4v) is 1.97. The van der Waals surface area contributed by atoms with E-state index in [-0.39, 0.29) is 17.3 Å². The highest BCUT2D eigenvalue weighted by atomic mass is 79.9. The van der Waals surface area contributed by atoms with Crippen LogP contribution >= 0.6 is 15.9 Å². The van der Waals surface area contributed by atoms with Gasteiger partial charge in [-0.25, -0.2) is 13.5 Å². The molecule has 0 aliphatic carbocycles. The standard InChI is InChI=1S/C11H9BrF2N4O2/c1-18-11(15-9(17-18)8(13)14)16-10(20)5-2-6(12)4-7(19)3-5/h2-4,8,19H,1H3,(H,15,16,17,20). The van der Waals surface area contributed by atoms with Crippen LogP contribution in [0.5, 0.6) is 5.75 Å². The van der Waals surface area contributed by atoms with Crippen LogP contribution in [0.4, 0.5) is 14.7 Å². The molecule has 1 heterocycles. The third kappa shape index (κ3) is 3.10. The molecule has 0 atom stereocenters. The van der Waals surface area contributed by atoms with E-state index in [1.807, 2.05) is 0 Å². The van der Waals surface area contributed by atoms with Crippen molar-refractivity contribution in [2.45, 2.75) is 6.43 Å². The van der Waals surface area contributed by atoms with Gasteiger partial charge in [-0.1, -0.05) is 15.9 Å². The predicted octanol–water partition coefficient (Wildman–Crippen LogP) is 2.47.